The largest absolute Gasteiger partial charge is 0.492 e. The molecule has 0 saturated carbocycles. The molecule has 0 bridgehead atoms. The summed E-state index contributed by atoms with van der Waals surface area (Å²) < 4.78 is 17.2. The maximum absolute atomic E-state index is 11.9. The van der Waals surface area contributed by atoms with Crippen molar-refractivity contribution in [2.75, 3.05) is 13.3 Å². The predicted octanol–water partition coefficient (Wildman–Crippen LogP) is 2.97. The van der Waals surface area contributed by atoms with E-state index >= 15 is 0 Å². The molecule has 0 aliphatic carbocycles. The predicted molar refractivity (Wildman–Crippen MR) is 57.8 cm³/mol. The van der Waals surface area contributed by atoms with Crippen molar-refractivity contribution in [2.45, 2.75) is 6.42 Å². The van der Waals surface area contributed by atoms with E-state index in [2.05, 4.69) is 4.98 Å². The highest BCUT2D eigenvalue weighted by molar-refractivity contribution is 5.79. The van der Waals surface area contributed by atoms with E-state index in [1.54, 1.807) is 6.20 Å². The molecule has 78 valence electrons. The molecule has 0 saturated heterocycles. The van der Waals surface area contributed by atoms with Crippen LogP contribution in [-0.4, -0.2) is 18.3 Å². The minimum Gasteiger partial charge on any atom is -0.492 e. The number of fused-ring (bicyclic) bond motifs is 1. The van der Waals surface area contributed by atoms with Crippen LogP contribution in [0.3, 0.4) is 0 Å². The highest BCUT2D eigenvalue weighted by Crippen LogP contribution is 2.17. The molecule has 0 N–H and O–H groups in total. The Kier molecular flexibility index (Phi) is 3.12. The number of para-hydroxylation sites is 1. The van der Waals surface area contributed by atoms with E-state index in [-0.39, 0.29) is 6.67 Å². The molecule has 2 rings (SSSR count). The molecule has 0 aliphatic rings. The van der Waals surface area contributed by atoms with Gasteiger partial charge in [-0.15, -0.1) is 0 Å². The molecule has 0 radical (unpaired) electrons. The first-order chi connectivity index (χ1) is 7.40. The van der Waals surface area contributed by atoms with Crippen molar-refractivity contribution >= 4 is 10.9 Å². The SMILES string of the molecule is FCCCOc1cnc2ccccc2c1. The van der Waals surface area contributed by atoms with Crippen LogP contribution in [0.1, 0.15) is 6.42 Å². The van der Waals surface area contributed by atoms with Crippen LogP contribution < -0.4 is 4.74 Å². The molecular formula is C12H12FNO. The van der Waals surface area contributed by atoms with Crippen LogP contribution in [0.2, 0.25) is 0 Å². The van der Waals surface area contributed by atoms with E-state index in [4.69, 9.17) is 4.74 Å². The maximum atomic E-state index is 11.9. The van der Waals surface area contributed by atoms with E-state index in [1.807, 2.05) is 30.3 Å². The highest BCUT2D eigenvalue weighted by atomic mass is 19.1. The minimum atomic E-state index is -0.346. The summed E-state index contributed by atoms with van der Waals surface area (Å²) in [6.45, 7) is 0.0531. The first-order valence-electron chi connectivity index (χ1n) is 4.94. The molecule has 0 fully saturated rings. The van der Waals surface area contributed by atoms with Crippen molar-refractivity contribution in [1.29, 1.82) is 0 Å². The van der Waals surface area contributed by atoms with Crippen molar-refractivity contribution in [3.05, 3.63) is 36.5 Å². The number of aromatic nitrogens is 1. The third kappa shape index (κ3) is 2.43. The lowest BCUT2D eigenvalue weighted by Gasteiger charge is -2.05. The number of pyridine rings is 1. The number of hydrogen-bond donors (Lipinski definition) is 0. The van der Waals surface area contributed by atoms with Crippen molar-refractivity contribution in [3.63, 3.8) is 0 Å². The average molecular weight is 205 g/mol. The van der Waals surface area contributed by atoms with Gasteiger partial charge in [-0.1, -0.05) is 18.2 Å². The molecule has 0 amide bonds. The molecule has 1 heterocycles. The fourth-order valence-electron chi connectivity index (χ4n) is 1.37. The van der Waals surface area contributed by atoms with Gasteiger partial charge in [0.15, 0.2) is 0 Å². The summed E-state index contributed by atoms with van der Waals surface area (Å²) >= 11 is 0. The van der Waals surface area contributed by atoms with E-state index in [0.29, 0.717) is 18.8 Å². The summed E-state index contributed by atoms with van der Waals surface area (Å²) in [4.78, 5) is 4.24. The highest BCUT2D eigenvalue weighted by Gasteiger charge is 1.97. The Bertz CT molecular complexity index is 444. The van der Waals surface area contributed by atoms with Gasteiger partial charge in [0.1, 0.15) is 5.75 Å². The lowest BCUT2D eigenvalue weighted by molar-refractivity contribution is 0.289. The Balaban J connectivity index is 2.16. The number of rotatable bonds is 4. The number of benzene rings is 1. The molecule has 1 aromatic carbocycles. The zero-order chi connectivity index (χ0) is 10.5. The van der Waals surface area contributed by atoms with Crippen LogP contribution in [-0.2, 0) is 0 Å². The lowest BCUT2D eigenvalue weighted by Crippen LogP contribution is -1.98. The molecule has 0 spiro atoms. The lowest BCUT2D eigenvalue weighted by atomic mass is 10.2. The zero-order valence-electron chi connectivity index (χ0n) is 8.32. The van der Waals surface area contributed by atoms with Gasteiger partial charge in [0.25, 0.3) is 0 Å². The monoisotopic (exact) mass is 205 g/mol. The Morgan fingerprint density at radius 1 is 1.27 bits per heavy atom. The van der Waals surface area contributed by atoms with Crippen LogP contribution in [0.4, 0.5) is 4.39 Å². The molecule has 2 aromatic rings. The van der Waals surface area contributed by atoms with Crippen LogP contribution >= 0.6 is 0 Å². The first-order valence-corrected chi connectivity index (χ1v) is 4.94. The number of hydrogen-bond acceptors (Lipinski definition) is 2. The smallest absolute Gasteiger partial charge is 0.138 e. The van der Waals surface area contributed by atoms with Crippen molar-refractivity contribution in [2.24, 2.45) is 0 Å². The molecule has 15 heavy (non-hydrogen) atoms. The van der Waals surface area contributed by atoms with Gasteiger partial charge in [0.2, 0.25) is 0 Å². The third-order valence-electron chi connectivity index (χ3n) is 2.11. The number of ether oxygens (including phenoxy) is 1. The van der Waals surface area contributed by atoms with Gasteiger partial charge < -0.3 is 4.74 Å². The third-order valence-corrected chi connectivity index (χ3v) is 2.11. The van der Waals surface area contributed by atoms with Crippen LogP contribution in [0, 0.1) is 0 Å². The van der Waals surface area contributed by atoms with Gasteiger partial charge in [0.05, 0.1) is 25.0 Å². The Morgan fingerprint density at radius 2 is 2.13 bits per heavy atom. The summed E-state index contributed by atoms with van der Waals surface area (Å²) in [6, 6.07) is 9.74. The van der Waals surface area contributed by atoms with Gasteiger partial charge in [-0.25, -0.2) is 0 Å². The first kappa shape index (κ1) is 9.90. The molecular weight excluding hydrogens is 193 g/mol. The van der Waals surface area contributed by atoms with Crippen LogP contribution in [0.5, 0.6) is 5.75 Å². The second kappa shape index (κ2) is 4.73. The van der Waals surface area contributed by atoms with Gasteiger partial charge in [-0.05, 0) is 12.1 Å². The Morgan fingerprint density at radius 3 is 3.00 bits per heavy atom. The van der Waals surface area contributed by atoms with Crippen molar-refractivity contribution in [1.82, 2.24) is 4.98 Å². The van der Waals surface area contributed by atoms with Crippen molar-refractivity contribution in [3.8, 4) is 5.75 Å². The Hall–Kier alpha value is -1.64. The van der Waals surface area contributed by atoms with E-state index < -0.39 is 0 Å². The molecule has 0 atom stereocenters. The average Bonchev–Trinajstić information content (AvgIpc) is 2.29. The van der Waals surface area contributed by atoms with Gasteiger partial charge >= 0.3 is 0 Å². The van der Waals surface area contributed by atoms with Crippen LogP contribution in [0.15, 0.2) is 36.5 Å². The molecule has 0 unspecified atom stereocenters. The second-order valence-corrected chi connectivity index (χ2v) is 3.25. The van der Waals surface area contributed by atoms with E-state index in [1.165, 1.54) is 0 Å². The number of halogens is 1. The standard InChI is InChI=1S/C12H12FNO/c13-6-3-7-15-11-8-10-4-1-2-5-12(10)14-9-11/h1-2,4-5,8-9H,3,6-7H2. The zero-order valence-corrected chi connectivity index (χ0v) is 8.32. The molecule has 3 heteroatoms. The van der Waals surface area contributed by atoms with Crippen molar-refractivity contribution < 1.29 is 9.13 Å². The fourth-order valence-corrected chi connectivity index (χ4v) is 1.37. The summed E-state index contributed by atoms with van der Waals surface area (Å²) in [6.07, 6.45) is 2.09. The van der Waals surface area contributed by atoms with E-state index in [0.717, 1.165) is 10.9 Å². The molecule has 0 aliphatic heterocycles. The van der Waals surface area contributed by atoms with Crippen LogP contribution in [0.25, 0.3) is 10.9 Å². The van der Waals surface area contributed by atoms with E-state index in [9.17, 15) is 4.39 Å². The van der Waals surface area contributed by atoms with Gasteiger partial charge in [-0.3, -0.25) is 9.37 Å². The number of alkyl halides is 1. The molecule has 1 aromatic heterocycles. The number of nitrogens with zero attached hydrogens (tertiary/aromatic N) is 1. The fraction of sp³-hybridized carbons (Fsp3) is 0.250. The summed E-state index contributed by atoms with van der Waals surface area (Å²) in [5.74, 6) is 0.696. The van der Waals surface area contributed by atoms with Gasteiger partial charge in [-0.2, -0.15) is 0 Å². The maximum Gasteiger partial charge on any atom is 0.138 e. The van der Waals surface area contributed by atoms with Gasteiger partial charge in [0, 0.05) is 11.8 Å². The topological polar surface area (TPSA) is 22.1 Å². The Labute approximate surface area is 87.7 Å². The summed E-state index contributed by atoms with van der Waals surface area (Å²) in [7, 11) is 0. The summed E-state index contributed by atoms with van der Waals surface area (Å²) in [5.41, 5.74) is 0.940. The second-order valence-electron chi connectivity index (χ2n) is 3.25. The minimum absolute atomic E-state index is 0.346. The quantitative estimate of drug-likeness (QED) is 0.716. The molecule has 2 nitrogen and oxygen atoms in total. The summed E-state index contributed by atoms with van der Waals surface area (Å²) in [5, 5.41) is 1.04. The normalized spacial score (nSPS) is 10.5.